The highest BCUT2D eigenvalue weighted by Gasteiger charge is 2.25. The van der Waals surface area contributed by atoms with Crippen LogP contribution in [0.2, 0.25) is 0 Å². The fraction of sp³-hybridized carbons (Fsp3) is 0.588. The van der Waals surface area contributed by atoms with Gasteiger partial charge in [-0.15, -0.1) is 12.4 Å². The Morgan fingerprint density at radius 1 is 1.45 bits per heavy atom. The number of rotatable bonds is 4. The molecule has 1 fully saturated rings. The van der Waals surface area contributed by atoms with Crippen LogP contribution in [0, 0.1) is 6.92 Å². The Morgan fingerprint density at radius 3 is 3.05 bits per heavy atom. The maximum Gasteiger partial charge on any atom is 0.255 e. The second-order valence-corrected chi connectivity index (χ2v) is 6.03. The molecule has 1 aromatic rings. The molecule has 3 rings (SSSR count). The molecule has 0 aromatic heterocycles. The predicted molar refractivity (Wildman–Crippen MR) is 90.2 cm³/mol. The largest absolute Gasteiger partial charge is 0.492 e. The Balaban J connectivity index is 0.00000176. The van der Waals surface area contributed by atoms with Crippen LogP contribution in [0.3, 0.4) is 0 Å². The number of hydrogen-bond acceptors (Lipinski definition) is 3. The normalized spacial score (nSPS) is 20.2. The van der Waals surface area contributed by atoms with Crippen molar-refractivity contribution < 1.29 is 9.53 Å². The van der Waals surface area contributed by atoms with E-state index >= 15 is 0 Å². The van der Waals surface area contributed by atoms with Crippen molar-refractivity contribution in [3.63, 3.8) is 0 Å². The van der Waals surface area contributed by atoms with Gasteiger partial charge >= 0.3 is 0 Å². The molecule has 5 heteroatoms. The maximum absolute atomic E-state index is 12.5. The summed E-state index contributed by atoms with van der Waals surface area (Å²) in [6, 6.07) is 4.54. The minimum Gasteiger partial charge on any atom is -0.492 e. The van der Waals surface area contributed by atoms with Gasteiger partial charge in [0.1, 0.15) is 5.75 Å². The molecule has 1 aromatic carbocycles. The standard InChI is InChI=1S/C17H24N2O2.ClH/c1-3-19-7-4-5-14(19)11-18-17(20)15-10-12(2)9-13-6-8-21-16(13)15;/h9-10,14H,3-8,11H2,1-2H3,(H,18,20);1H. The van der Waals surface area contributed by atoms with Crippen LogP contribution < -0.4 is 10.1 Å². The molecule has 2 heterocycles. The number of fused-ring (bicyclic) bond motifs is 1. The molecule has 0 bridgehead atoms. The quantitative estimate of drug-likeness (QED) is 0.925. The molecule has 122 valence electrons. The van der Waals surface area contributed by atoms with Gasteiger partial charge in [0.15, 0.2) is 0 Å². The van der Waals surface area contributed by atoms with E-state index in [1.807, 2.05) is 13.0 Å². The number of halogens is 1. The number of amides is 1. The Hall–Kier alpha value is -1.26. The first-order valence-electron chi connectivity index (χ1n) is 7.97. The molecule has 1 atom stereocenters. The van der Waals surface area contributed by atoms with Crippen molar-refractivity contribution >= 4 is 18.3 Å². The van der Waals surface area contributed by atoms with Gasteiger partial charge in [0, 0.05) is 19.0 Å². The molecule has 4 nitrogen and oxygen atoms in total. The second kappa shape index (κ2) is 7.34. The van der Waals surface area contributed by atoms with E-state index in [4.69, 9.17) is 4.74 Å². The summed E-state index contributed by atoms with van der Waals surface area (Å²) < 4.78 is 5.65. The zero-order valence-electron chi connectivity index (χ0n) is 13.4. The van der Waals surface area contributed by atoms with E-state index in [0.717, 1.165) is 42.9 Å². The van der Waals surface area contributed by atoms with E-state index in [2.05, 4.69) is 23.2 Å². The van der Waals surface area contributed by atoms with Crippen LogP contribution >= 0.6 is 12.4 Å². The summed E-state index contributed by atoms with van der Waals surface area (Å²) in [5.41, 5.74) is 2.99. The Morgan fingerprint density at radius 2 is 2.27 bits per heavy atom. The first kappa shape index (κ1) is 17.1. The first-order chi connectivity index (χ1) is 10.2. The average molecular weight is 325 g/mol. The van der Waals surface area contributed by atoms with E-state index in [1.165, 1.54) is 12.8 Å². The fourth-order valence-electron chi connectivity index (χ4n) is 3.48. The monoisotopic (exact) mass is 324 g/mol. The lowest BCUT2D eigenvalue weighted by Crippen LogP contribution is -2.40. The Bertz CT molecular complexity index is 548. The lowest BCUT2D eigenvalue weighted by atomic mass is 10.0. The van der Waals surface area contributed by atoms with Crippen molar-refractivity contribution in [3.05, 3.63) is 28.8 Å². The SMILES string of the molecule is CCN1CCCC1CNC(=O)c1cc(C)cc2c1OCC2.Cl. The highest BCUT2D eigenvalue weighted by atomic mass is 35.5. The maximum atomic E-state index is 12.5. The number of likely N-dealkylation sites (N-methyl/N-ethyl adjacent to an activating group) is 1. The van der Waals surface area contributed by atoms with Crippen molar-refractivity contribution in [3.8, 4) is 5.75 Å². The summed E-state index contributed by atoms with van der Waals surface area (Å²) in [5.74, 6) is 0.789. The number of carbonyl (C=O) groups is 1. The molecule has 1 unspecified atom stereocenters. The molecule has 22 heavy (non-hydrogen) atoms. The highest BCUT2D eigenvalue weighted by molar-refractivity contribution is 5.97. The molecular formula is C17H25ClN2O2. The molecule has 1 amide bonds. The van der Waals surface area contributed by atoms with Crippen molar-refractivity contribution in [2.24, 2.45) is 0 Å². The van der Waals surface area contributed by atoms with Crippen molar-refractivity contribution in [2.45, 2.75) is 39.2 Å². The summed E-state index contributed by atoms with van der Waals surface area (Å²) in [5, 5.41) is 3.10. The summed E-state index contributed by atoms with van der Waals surface area (Å²) in [6.07, 6.45) is 3.32. The van der Waals surface area contributed by atoms with Crippen molar-refractivity contribution in [1.82, 2.24) is 10.2 Å². The predicted octanol–water partition coefficient (Wildman–Crippen LogP) is 2.57. The number of likely N-dealkylation sites (tertiary alicyclic amines) is 1. The smallest absolute Gasteiger partial charge is 0.255 e. The van der Waals surface area contributed by atoms with Gasteiger partial charge in [-0.3, -0.25) is 9.69 Å². The molecule has 1 saturated heterocycles. The third-order valence-corrected chi connectivity index (χ3v) is 4.58. The van der Waals surface area contributed by atoms with Gasteiger partial charge in [-0.1, -0.05) is 13.0 Å². The van der Waals surface area contributed by atoms with Gasteiger partial charge in [0.2, 0.25) is 0 Å². The van der Waals surface area contributed by atoms with Crippen molar-refractivity contribution in [2.75, 3.05) is 26.2 Å². The van der Waals surface area contributed by atoms with Gasteiger partial charge in [0.05, 0.1) is 12.2 Å². The van der Waals surface area contributed by atoms with E-state index in [0.29, 0.717) is 18.2 Å². The van der Waals surface area contributed by atoms with Gasteiger partial charge in [-0.25, -0.2) is 0 Å². The van der Waals surface area contributed by atoms with Crippen molar-refractivity contribution in [1.29, 1.82) is 0 Å². The van der Waals surface area contributed by atoms with Crippen LogP contribution in [-0.4, -0.2) is 43.1 Å². The molecule has 2 aliphatic rings. The van der Waals surface area contributed by atoms with Crippen LogP contribution in [-0.2, 0) is 6.42 Å². The zero-order chi connectivity index (χ0) is 14.8. The first-order valence-corrected chi connectivity index (χ1v) is 7.97. The number of nitrogens with one attached hydrogen (secondary N) is 1. The number of nitrogens with zero attached hydrogens (tertiary/aromatic N) is 1. The summed E-state index contributed by atoms with van der Waals surface area (Å²) in [6.45, 7) is 7.84. The highest BCUT2D eigenvalue weighted by Crippen LogP contribution is 2.31. The fourth-order valence-corrected chi connectivity index (χ4v) is 3.48. The lowest BCUT2D eigenvalue weighted by Gasteiger charge is -2.23. The molecule has 0 saturated carbocycles. The average Bonchev–Trinajstić information content (AvgIpc) is 3.11. The molecule has 0 aliphatic carbocycles. The number of hydrogen-bond donors (Lipinski definition) is 1. The zero-order valence-corrected chi connectivity index (χ0v) is 14.2. The number of aryl methyl sites for hydroxylation is 1. The van der Waals surface area contributed by atoms with E-state index in [-0.39, 0.29) is 18.3 Å². The number of carbonyl (C=O) groups excluding carboxylic acids is 1. The molecular weight excluding hydrogens is 300 g/mol. The third-order valence-electron chi connectivity index (χ3n) is 4.58. The Kier molecular flexibility index (Phi) is 5.70. The molecule has 2 aliphatic heterocycles. The summed E-state index contributed by atoms with van der Waals surface area (Å²) >= 11 is 0. The van der Waals surface area contributed by atoms with E-state index < -0.39 is 0 Å². The molecule has 0 spiro atoms. The van der Waals surface area contributed by atoms with Crippen LogP contribution in [0.1, 0.15) is 41.3 Å². The van der Waals surface area contributed by atoms with Crippen LogP contribution in [0.5, 0.6) is 5.75 Å². The molecule has 0 radical (unpaired) electrons. The van der Waals surface area contributed by atoms with Crippen LogP contribution in [0.15, 0.2) is 12.1 Å². The lowest BCUT2D eigenvalue weighted by molar-refractivity contribution is 0.0938. The topological polar surface area (TPSA) is 41.6 Å². The van der Waals surface area contributed by atoms with Crippen LogP contribution in [0.4, 0.5) is 0 Å². The van der Waals surface area contributed by atoms with E-state index in [1.54, 1.807) is 0 Å². The second-order valence-electron chi connectivity index (χ2n) is 6.03. The Labute approximate surface area is 138 Å². The van der Waals surface area contributed by atoms with Gasteiger partial charge in [0.25, 0.3) is 5.91 Å². The third kappa shape index (κ3) is 3.39. The summed E-state index contributed by atoms with van der Waals surface area (Å²) in [4.78, 5) is 14.9. The van der Waals surface area contributed by atoms with E-state index in [9.17, 15) is 4.79 Å². The minimum absolute atomic E-state index is 0. The van der Waals surface area contributed by atoms with Gasteiger partial charge in [-0.2, -0.15) is 0 Å². The number of benzene rings is 1. The summed E-state index contributed by atoms with van der Waals surface area (Å²) in [7, 11) is 0. The number of ether oxygens (including phenoxy) is 1. The van der Waals surface area contributed by atoms with Gasteiger partial charge < -0.3 is 10.1 Å². The van der Waals surface area contributed by atoms with Crippen LogP contribution in [0.25, 0.3) is 0 Å². The molecule has 1 N–H and O–H groups in total. The minimum atomic E-state index is -0.000182. The van der Waals surface area contributed by atoms with Gasteiger partial charge in [-0.05, 0) is 50.0 Å².